The third-order valence-corrected chi connectivity index (χ3v) is 1.85. The molecule has 16 heavy (non-hydrogen) atoms. The molecule has 0 aliphatic rings. The normalized spacial score (nSPS) is 12.2. The highest BCUT2D eigenvalue weighted by Gasteiger charge is 1.78. The number of nitrogens with one attached hydrogen (secondary N) is 1. The van der Waals surface area contributed by atoms with Crippen molar-refractivity contribution in [2.75, 3.05) is 7.05 Å². The van der Waals surface area contributed by atoms with Crippen LogP contribution < -0.4 is 15.9 Å². The van der Waals surface area contributed by atoms with Gasteiger partial charge in [0.25, 0.3) is 0 Å². The number of rotatable bonds is 2. The first-order valence-corrected chi connectivity index (χ1v) is 5.28. The Hall–Kier alpha value is -1.83. The van der Waals surface area contributed by atoms with Gasteiger partial charge in [0.15, 0.2) is 0 Å². The van der Waals surface area contributed by atoms with Crippen molar-refractivity contribution in [1.29, 1.82) is 0 Å². The molecular weight excluding hydrogens is 196 g/mol. The first kappa shape index (κ1) is 14.2. The molecule has 0 amide bonds. The van der Waals surface area contributed by atoms with Crippen LogP contribution >= 0.6 is 0 Å². The SMILES string of the molecule is C/C=c1/cccn/c1=C/C.C=C/C=C\NC. The van der Waals surface area contributed by atoms with Crippen molar-refractivity contribution < 1.29 is 0 Å². The molecule has 0 aliphatic carbocycles. The Kier molecular flexibility index (Phi) is 8.60. The molecule has 0 saturated carbocycles. The second-order valence-corrected chi connectivity index (χ2v) is 2.94. The van der Waals surface area contributed by atoms with Gasteiger partial charge in [-0.25, -0.2) is 0 Å². The maximum Gasteiger partial charge on any atom is 0.0656 e. The summed E-state index contributed by atoms with van der Waals surface area (Å²) >= 11 is 0. The molecule has 0 fully saturated rings. The zero-order valence-corrected chi connectivity index (χ0v) is 10.3. The van der Waals surface area contributed by atoms with Gasteiger partial charge in [-0.3, -0.25) is 4.98 Å². The lowest BCUT2D eigenvalue weighted by Crippen LogP contribution is -2.26. The molecular formula is C14H20N2. The predicted octanol–water partition coefficient (Wildman–Crippen LogP) is 1.59. The third-order valence-electron chi connectivity index (χ3n) is 1.85. The average Bonchev–Trinajstić information content (AvgIpc) is 2.36. The van der Waals surface area contributed by atoms with E-state index in [-0.39, 0.29) is 0 Å². The summed E-state index contributed by atoms with van der Waals surface area (Å²) in [6, 6.07) is 4.00. The van der Waals surface area contributed by atoms with Crippen molar-refractivity contribution in [3.63, 3.8) is 0 Å². The second kappa shape index (κ2) is 9.71. The monoisotopic (exact) mass is 216 g/mol. The fourth-order valence-corrected chi connectivity index (χ4v) is 1.08. The lowest BCUT2D eigenvalue weighted by Gasteiger charge is -1.84. The van der Waals surface area contributed by atoms with Gasteiger partial charge in [0, 0.05) is 13.2 Å². The summed E-state index contributed by atoms with van der Waals surface area (Å²) in [5.41, 5.74) is 0. The summed E-state index contributed by atoms with van der Waals surface area (Å²) in [4.78, 5) is 4.18. The Morgan fingerprint density at radius 2 is 2.06 bits per heavy atom. The molecule has 2 nitrogen and oxygen atoms in total. The molecule has 1 aromatic rings. The van der Waals surface area contributed by atoms with E-state index in [1.165, 1.54) is 5.22 Å². The number of hydrogen-bond donors (Lipinski definition) is 1. The zero-order valence-electron chi connectivity index (χ0n) is 10.3. The first-order valence-electron chi connectivity index (χ1n) is 5.28. The van der Waals surface area contributed by atoms with Crippen LogP contribution in [0.15, 0.2) is 43.3 Å². The molecule has 1 rings (SSSR count). The largest absolute Gasteiger partial charge is 0.394 e. The minimum Gasteiger partial charge on any atom is -0.394 e. The van der Waals surface area contributed by atoms with E-state index in [0.29, 0.717) is 0 Å². The van der Waals surface area contributed by atoms with Gasteiger partial charge in [-0.15, -0.1) is 0 Å². The Morgan fingerprint density at radius 1 is 1.31 bits per heavy atom. The van der Waals surface area contributed by atoms with Crippen LogP contribution in [0.3, 0.4) is 0 Å². The quantitative estimate of drug-likeness (QED) is 0.759. The van der Waals surface area contributed by atoms with E-state index in [2.05, 4.69) is 29.0 Å². The van der Waals surface area contributed by atoms with Gasteiger partial charge in [-0.05, 0) is 37.4 Å². The number of nitrogens with zero attached hydrogens (tertiary/aromatic N) is 1. The number of hydrogen-bond acceptors (Lipinski definition) is 2. The van der Waals surface area contributed by atoms with Crippen LogP contribution in [0.1, 0.15) is 13.8 Å². The van der Waals surface area contributed by atoms with Crippen molar-refractivity contribution in [1.82, 2.24) is 10.3 Å². The fourth-order valence-electron chi connectivity index (χ4n) is 1.08. The second-order valence-electron chi connectivity index (χ2n) is 2.94. The number of pyridine rings is 1. The minimum absolute atomic E-state index is 1.06. The highest BCUT2D eigenvalue weighted by molar-refractivity contribution is 5.24. The summed E-state index contributed by atoms with van der Waals surface area (Å²) < 4.78 is 0. The molecule has 0 aromatic carbocycles. The van der Waals surface area contributed by atoms with Crippen LogP contribution in [0.4, 0.5) is 0 Å². The lowest BCUT2D eigenvalue weighted by molar-refractivity contribution is 1.10. The molecule has 0 radical (unpaired) electrons. The lowest BCUT2D eigenvalue weighted by atomic mass is 10.3. The summed E-state index contributed by atoms with van der Waals surface area (Å²) in [6.45, 7) is 7.48. The van der Waals surface area contributed by atoms with Crippen molar-refractivity contribution in [2.24, 2.45) is 0 Å². The summed E-state index contributed by atoms with van der Waals surface area (Å²) in [5.74, 6) is 0. The van der Waals surface area contributed by atoms with Crippen LogP contribution in [0.25, 0.3) is 12.2 Å². The Bertz CT molecular complexity index is 397. The molecule has 1 heterocycles. The van der Waals surface area contributed by atoms with E-state index in [4.69, 9.17) is 0 Å². The highest BCUT2D eigenvalue weighted by Crippen LogP contribution is 1.66. The molecule has 86 valence electrons. The van der Waals surface area contributed by atoms with Crippen molar-refractivity contribution in [3.8, 4) is 0 Å². The molecule has 1 aromatic heterocycles. The molecule has 0 aliphatic heterocycles. The smallest absolute Gasteiger partial charge is 0.0656 e. The molecule has 0 unspecified atom stereocenters. The molecule has 0 atom stereocenters. The summed E-state index contributed by atoms with van der Waals surface area (Å²) in [7, 11) is 1.85. The molecule has 1 N–H and O–H groups in total. The number of allylic oxidation sites excluding steroid dienone is 2. The van der Waals surface area contributed by atoms with Crippen molar-refractivity contribution in [2.45, 2.75) is 13.8 Å². The van der Waals surface area contributed by atoms with Gasteiger partial charge in [-0.1, -0.05) is 30.9 Å². The Labute approximate surface area is 97.7 Å². The van der Waals surface area contributed by atoms with Gasteiger partial charge in [0.2, 0.25) is 0 Å². The molecule has 0 bridgehead atoms. The Morgan fingerprint density at radius 3 is 2.44 bits per heavy atom. The van der Waals surface area contributed by atoms with E-state index >= 15 is 0 Å². The third kappa shape index (κ3) is 5.81. The topological polar surface area (TPSA) is 24.9 Å². The van der Waals surface area contributed by atoms with Crippen molar-refractivity contribution >= 4 is 12.2 Å². The fraction of sp³-hybridized carbons (Fsp3) is 0.214. The molecule has 0 spiro atoms. The van der Waals surface area contributed by atoms with Crippen LogP contribution in [0, 0.1) is 0 Å². The summed E-state index contributed by atoms with van der Waals surface area (Å²) in [5, 5.41) is 5.08. The first-order chi connectivity index (χ1) is 7.79. The van der Waals surface area contributed by atoms with Crippen molar-refractivity contribution in [3.05, 3.63) is 53.8 Å². The maximum absolute atomic E-state index is 4.18. The standard InChI is InChI=1S/C9H11N.C5H9N/c1-3-8-6-5-7-10-9(8)4-2;1-3-4-5-6-2/h3-7H,1-2H3;3-6H,1H2,2H3/b8-3-,9-4+;5-4-. The number of aromatic nitrogens is 1. The Balaban J connectivity index is 0.000000325. The van der Waals surface area contributed by atoms with Gasteiger partial charge in [-0.2, -0.15) is 0 Å². The van der Waals surface area contributed by atoms with Gasteiger partial charge in [0.05, 0.1) is 5.35 Å². The van der Waals surface area contributed by atoms with Gasteiger partial charge < -0.3 is 5.32 Å². The predicted molar refractivity (Wildman–Crippen MR) is 72.2 cm³/mol. The average molecular weight is 216 g/mol. The van der Waals surface area contributed by atoms with Gasteiger partial charge >= 0.3 is 0 Å². The van der Waals surface area contributed by atoms with E-state index in [9.17, 15) is 0 Å². The van der Waals surface area contributed by atoms with Crippen LogP contribution in [0.5, 0.6) is 0 Å². The highest BCUT2D eigenvalue weighted by atomic mass is 14.8. The minimum atomic E-state index is 1.06. The van der Waals surface area contributed by atoms with E-state index in [0.717, 1.165) is 5.35 Å². The van der Waals surface area contributed by atoms with E-state index in [1.807, 2.05) is 51.5 Å². The summed E-state index contributed by atoms with van der Waals surface area (Å²) in [6.07, 6.45) is 11.2. The van der Waals surface area contributed by atoms with Gasteiger partial charge in [0.1, 0.15) is 0 Å². The zero-order chi connectivity index (χ0) is 12.2. The van der Waals surface area contributed by atoms with E-state index in [1.54, 1.807) is 6.08 Å². The van der Waals surface area contributed by atoms with Crippen LogP contribution in [-0.4, -0.2) is 12.0 Å². The van der Waals surface area contributed by atoms with Crippen LogP contribution in [-0.2, 0) is 0 Å². The molecule has 2 heteroatoms. The maximum atomic E-state index is 4.18. The van der Waals surface area contributed by atoms with E-state index < -0.39 is 0 Å². The van der Waals surface area contributed by atoms with Crippen LogP contribution in [0.2, 0.25) is 0 Å². The molecule has 0 saturated heterocycles.